The zero-order valence-corrected chi connectivity index (χ0v) is 14.4. The van der Waals surface area contributed by atoms with Gasteiger partial charge in [0.2, 0.25) is 0 Å². The average molecular weight is 374 g/mol. The van der Waals surface area contributed by atoms with Crippen molar-refractivity contribution >= 4 is 46.2 Å². The normalized spacial score (nSPS) is 15.8. The quantitative estimate of drug-likeness (QED) is 0.531. The van der Waals surface area contributed by atoms with Crippen LogP contribution in [0.1, 0.15) is 32.7 Å². The van der Waals surface area contributed by atoms with Gasteiger partial charge in [0.15, 0.2) is 0 Å². The summed E-state index contributed by atoms with van der Waals surface area (Å²) < 4.78 is 1.89. The molecular weight excluding hydrogens is 361 g/mol. The summed E-state index contributed by atoms with van der Waals surface area (Å²) in [4.78, 5) is 15.8. The molecule has 25 heavy (non-hydrogen) atoms. The number of benzene rings is 1. The number of carbonyl (C=O) groups is 1. The van der Waals surface area contributed by atoms with Crippen LogP contribution in [0.4, 0.5) is 0 Å². The zero-order chi connectivity index (χ0) is 17.6. The molecule has 5 nitrogen and oxygen atoms in total. The van der Waals surface area contributed by atoms with Crippen LogP contribution >= 0.6 is 23.2 Å². The molecule has 0 aliphatic carbocycles. The summed E-state index contributed by atoms with van der Waals surface area (Å²) in [5, 5.41) is 13.9. The minimum Gasteiger partial charge on any atom is -0.478 e. The van der Waals surface area contributed by atoms with E-state index in [9.17, 15) is 9.90 Å². The van der Waals surface area contributed by atoms with Crippen LogP contribution in [0.25, 0.3) is 17.0 Å². The number of aromatic nitrogens is 2. The third-order valence-corrected chi connectivity index (χ3v) is 4.74. The van der Waals surface area contributed by atoms with Gasteiger partial charge in [0.1, 0.15) is 5.50 Å². The molecule has 1 aliphatic rings. The Morgan fingerprint density at radius 3 is 3.00 bits per heavy atom. The molecule has 0 amide bonds. The molecule has 3 heterocycles. The van der Waals surface area contributed by atoms with E-state index in [2.05, 4.69) is 10.3 Å². The van der Waals surface area contributed by atoms with Gasteiger partial charge in [-0.25, -0.2) is 4.79 Å². The van der Waals surface area contributed by atoms with Crippen LogP contribution in [0.2, 0.25) is 5.02 Å². The lowest BCUT2D eigenvalue weighted by atomic mass is 10.1. The van der Waals surface area contributed by atoms with Gasteiger partial charge in [-0.1, -0.05) is 29.3 Å². The van der Waals surface area contributed by atoms with E-state index >= 15 is 0 Å². The molecule has 0 spiro atoms. The van der Waals surface area contributed by atoms with Crippen LogP contribution in [0.3, 0.4) is 0 Å². The summed E-state index contributed by atoms with van der Waals surface area (Å²) in [5.41, 5.74) is 2.90. The Morgan fingerprint density at radius 1 is 1.36 bits per heavy atom. The van der Waals surface area contributed by atoms with E-state index in [1.165, 1.54) is 0 Å². The highest BCUT2D eigenvalue weighted by molar-refractivity contribution is 6.31. The molecular formula is C18H13Cl2N3O2. The van der Waals surface area contributed by atoms with Gasteiger partial charge < -0.3 is 15.0 Å². The summed E-state index contributed by atoms with van der Waals surface area (Å²) >= 11 is 12.3. The Kier molecular flexibility index (Phi) is 3.90. The maximum Gasteiger partial charge on any atom is 0.337 e. The highest BCUT2D eigenvalue weighted by Crippen LogP contribution is 2.32. The van der Waals surface area contributed by atoms with Crippen molar-refractivity contribution in [3.05, 3.63) is 70.3 Å². The average Bonchev–Trinajstić information content (AvgIpc) is 2.95. The number of aromatic carboxylic acids is 1. The van der Waals surface area contributed by atoms with Crippen LogP contribution in [0.15, 0.2) is 42.9 Å². The molecule has 0 bridgehead atoms. The van der Waals surface area contributed by atoms with Crippen molar-refractivity contribution in [2.24, 2.45) is 0 Å². The van der Waals surface area contributed by atoms with Gasteiger partial charge in [0.05, 0.1) is 16.1 Å². The van der Waals surface area contributed by atoms with Crippen LogP contribution in [-0.2, 0) is 6.54 Å². The van der Waals surface area contributed by atoms with E-state index in [-0.39, 0.29) is 5.56 Å². The molecule has 1 aliphatic heterocycles. The lowest BCUT2D eigenvalue weighted by molar-refractivity contribution is 0.0695. The molecule has 1 atom stereocenters. The first-order valence-electron chi connectivity index (χ1n) is 7.60. The summed E-state index contributed by atoms with van der Waals surface area (Å²) in [6.45, 7) is 0.520. The fraction of sp³-hybridized carbons (Fsp3) is 0.111. The number of carboxylic acid groups (broad SMARTS) is 1. The Hall–Kier alpha value is -2.50. The van der Waals surface area contributed by atoms with E-state index < -0.39 is 11.5 Å². The third kappa shape index (κ3) is 2.86. The van der Waals surface area contributed by atoms with Gasteiger partial charge in [0, 0.05) is 35.6 Å². The number of nitrogens with zero attached hydrogens (tertiary/aromatic N) is 2. The number of fused-ring (bicyclic) bond motifs is 2. The van der Waals surface area contributed by atoms with Crippen LogP contribution in [0.5, 0.6) is 0 Å². The number of alkyl halides is 1. The molecule has 2 N–H and O–H groups in total. The van der Waals surface area contributed by atoms with Crippen molar-refractivity contribution in [1.29, 1.82) is 0 Å². The maximum absolute atomic E-state index is 11.5. The lowest BCUT2D eigenvalue weighted by Crippen LogP contribution is -2.17. The first-order chi connectivity index (χ1) is 12.0. The Balaban J connectivity index is 1.78. The van der Waals surface area contributed by atoms with Crippen molar-refractivity contribution < 1.29 is 9.90 Å². The molecule has 126 valence electrons. The first-order valence-corrected chi connectivity index (χ1v) is 8.41. The predicted molar refractivity (Wildman–Crippen MR) is 98.0 cm³/mol. The van der Waals surface area contributed by atoms with E-state index in [0.717, 1.165) is 22.2 Å². The largest absolute Gasteiger partial charge is 0.478 e. The van der Waals surface area contributed by atoms with Gasteiger partial charge in [-0.2, -0.15) is 0 Å². The van der Waals surface area contributed by atoms with E-state index in [1.807, 2.05) is 34.9 Å². The highest BCUT2D eigenvalue weighted by atomic mass is 35.5. The second kappa shape index (κ2) is 6.10. The topological polar surface area (TPSA) is 67.1 Å². The Labute approximate surface area is 153 Å². The SMILES string of the molecule is O=C(O)c1cn(Cc2ccc3ncc(Cl)cc3c2)c2c1C(Cl)NC=C2. The molecule has 0 radical (unpaired) electrons. The number of rotatable bonds is 3. The molecule has 0 fully saturated rings. The van der Waals surface area contributed by atoms with Gasteiger partial charge in [0.25, 0.3) is 0 Å². The Morgan fingerprint density at radius 2 is 2.20 bits per heavy atom. The lowest BCUT2D eigenvalue weighted by Gasteiger charge is -2.17. The number of hydrogen-bond donors (Lipinski definition) is 2. The van der Waals surface area contributed by atoms with Crippen LogP contribution in [-0.4, -0.2) is 20.6 Å². The Bertz CT molecular complexity index is 1030. The van der Waals surface area contributed by atoms with Crippen molar-refractivity contribution in [2.45, 2.75) is 12.0 Å². The standard InChI is InChI=1S/C18H13Cl2N3O2/c19-12-6-11-5-10(1-2-14(11)22-7-12)8-23-9-13(18(24)25)16-15(23)3-4-21-17(16)20/h1-7,9,17,21H,8H2,(H,24,25). The minimum atomic E-state index is -0.993. The molecule has 1 aromatic carbocycles. The predicted octanol–water partition coefficient (Wildman–Crippen LogP) is 4.25. The number of hydrogen-bond acceptors (Lipinski definition) is 3. The third-order valence-electron chi connectivity index (χ3n) is 4.19. The molecule has 2 aromatic heterocycles. The molecule has 0 saturated heterocycles. The van der Waals surface area contributed by atoms with E-state index in [1.54, 1.807) is 18.6 Å². The molecule has 7 heteroatoms. The maximum atomic E-state index is 11.5. The molecule has 3 aromatic rings. The second-order valence-electron chi connectivity index (χ2n) is 5.82. The van der Waals surface area contributed by atoms with Gasteiger partial charge in [-0.3, -0.25) is 4.98 Å². The summed E-state index contributed by atoms with van der Waals surface area (Å²) in [5.74, 6) is -0.993. The van der Waals surface area contributed by atoms with Crippen molar-refractivity contribution in [3.63, 3.8) is 0 Å². The molecule has 4 rings (SSSR count). The second-order valence-corrected chi connectivity index (χ2v) is 6.69. The van der Waals surface area contributed by atoms with Crippen molar-refractivity contribution in [1.82, 2.24) is 14.9 Å². The minimum absolute atomic E-state index is 0.206. The summed E-state index contributed by atoms with van der Waals surface area (Å²) in [6.07, 6.45) is 6.80. The number of carboxylic acids is 1. The van der Waals surface area contributed by atoms with Gasteiger partial charge in [-0.15, -0.1) is 0 Å². The fourth-order valence-corrected chi connectivity index (χ4v) is 3.55. The van der Waals surface area contributed by atoms with Gasteiger partial charge in [-0.05, 0) is 36.0 Å². The monoisotopic (exact) mass is 373 g/mol. The van der Waals surface area contributed by atoms with Crippen molar-refractivity contribution in [2.75, 3.05) is 0 Å². The zero-order valence-electron chi connectivity index (χ0n) is 12.9. The number of pyridine rings is 1. The summed E-state index contributed by atoms with van der Waals surface area (Å²) in [7, 11) is 0. The summed E-state index contributed by atoms with van der Waals surface area (Å²) in [6, 6.07) is 7.76. The number of halogens is 2. The van der Waals surface area contributed by atoms with Gasteiger partial charge >= 0.3 is 5.97 Å². The molecule has 0 saturated carbocycles. The highest BCUT2D eigenvalue weighted by Gasteiger charge is 2.26. The smallest absolute Gasteiger partial charge is 0.337 e. The van der Waals surface area contributed by atoms with E-state index in [4.69, 9.17) is 23.2 Å². The first kappa shape index (κ1) is 16.0. The number of nitrogens with one attached hydrogen (secondary N) is 1. The fourth-order valence-electron chi connectivity index (χ4n) is 3.08. The van der Waals surface area contributed by atoms with Crippen LogP contribution in [0, 0.1) is 0 Å². The van der Waals surface area contributed by atoms with Crippen LogP contribution < -0.4 is 5.32 Å². The molecule has 1 unspecified atom stereocenters. The van der Waals surface area contributed by atoms with Crippen molar-refractivity contribution in [3.8, 4) is 0 Å². The van der Waals surface area contributed by atoms with E-state index in [0.29, 0.717) is 17.1 Å².